The van der Waals surface area contributed by atoms with Crippen molar-refractivity contribution in [3.63, 3.8) is 0 Å². The number of ether oxygens (including phenoxy) is 1. The highest BCUT2D eigenvalue weighted by Crippen LogP contribution is 2.57. The number of halogens is 3. The smallest absolute Gasteiger partial charge is 0.401 e. The third-order valence-electron chi connectivity index (χ3n) is 9.84. The van der Waals surface area contributed by atoms with E-state index in [0.29, 0.717) is 12.1 Å². The number of carbonyl (C=O) groups is 1. The van der Waals surface area contributed by atoms with E-state index in [9.17, 15) is 23.2 Å². The number of aromatic amines is 1. The molecular formula is C33H38F3N5O2. The van der Waals surface area contributed by atoms with Crippen LogP contribution in [0.2, 0.25) is 0 Å². The quantitative estimate of drug-likeness (QED) is 0.376. The summed E-state index contributed by atoms with van der Waals surface area (Å²) in [5.74, 6) is 0.846. The number of rotatable bonds is 6. The average molecular weight is 594 g/mol. The summed E-state index contributed by atoms with van der Waals surface area (Å²) >= 11 is 0. The number of aryl methyl sites for hydroxylation is 1. The second-order valence-electron chi connectivity index (χ2n) is 12.6. The van der Waals surface area contributed by atoms with Crippen LogP contribution in [0.5, 0.6) is 5.75 Å². The molecule has 1 spiro atoms. The molecule has 2 aliphatic heterocycles. The molecule has 10 heteroatoms. The second-order valence-corrected chi connectivity index (χ2v) is 12.6. The summed E-state index contributed by atoms with van der Waals surface area (Å²) in [6.45, 7) is 3.72. The molecule has 228 valence electrons. The number of piperidine rings is 1. The Labute approximate surface area is 250 Å². The maximum atomic E-state index is 13.2. The topological polar surface area (TPSA) is 75.6 Å². The molecule has 43 heavy (non-hydrogen) atoms. The van der Waals surface area contributed by atoms with Gasteiger partial charge in [0.2, 0.25) is 0 Å². The highest BCUT2D eigenvalue weighted by molar-refractivity contribution is 5.94. The van der Waals surface area contributed by atoms with E-state index in [-0.39, 0.29) is 49.5 Å². The number of carbonyl (C=O) groups excluding carboxylic acids is 1. The van der Waals surface area contributed by atoms with Crippen molar-refractivity contribution in [1.82, 2.24) is 19.7 Å². The third-order valence-corrected chi connectivity index (χ3v) is 9.84. The van der Waals surface area contributed by atoms with Crippen molar-refractivity contribution in [3.8, 4) is 11.8 Å². The van der Waals surface area contributed by atoms with E-state index in [1.807, 2.05) is 30.5 Å². The maximum Gasteiger partial charge on any atom is 0.401 e. The average Bonchev–Trinajstić information content (AvgIpc) is 3.48. The molecule has 2 aromatic carbocycles. The van der Waals surface area contributed by atoms with Gasteiger partial charge >= 0.3 is 6.18 Å². The van der Waals surface area contributed by atoms with Crippen LogP contribution < -0.4 is 4.74 Å². The van der Waals surface area contributed by atoms with Crippen LogP contribution in [0.1, 0.15) is 58.8 Å². The van der Waals surface area contributed by atoms with E-state index in [4.69, 9.17) is 4.74 Å². The van der Waals surface area contributed by atoms with Crippen molar-refractivity contribution in [2.45, 2.75) is 51.4 Å². The van der Waals surface area contributed by atoms with Gasteiger partial charge in [-0.25, -0.2) is 0 Å². The minimum atomic E-state index is -4.24. The molecule has 1 saturated carbocycles. The molecule has 7 nitrogen and oxygen atoms in total. The fourth-order valence-electron chi connectivity index (χ4n) is 7.52. The van der Waals surface area contributed by atoms with E-state index in [1.54, 1.807) is 12.0 Å². The van der Waals surface area contributed by atoms with Crippen molar-refractivity contribution in [1.29, 1.82) is 5.26 Å². The number of likely N-dealkylation sites (tertiary alicyclic amines) is 1. The monoisotopic (exact) mass is 593 g/mol. The first-order valence-electron chi connectivity index (χ1n) is 15.0. The lowest BCUT2D eigenvalue weighted by Crippen LogP contribution is -2.50. The highest BCUT2D eigenvalue weighted by Gasteiger charge is 2.49. The molecule has 0 bridgehead atoms. The Hall–Kier alpha value is -3.55. The maximum absolute atomic E-state index is 13.2. The number of nitriles is 1. The van der Waals surface area contributed by atoms with Gasteiger partial charge in [-0.3, -0.25) is 14.6 Å². The van der Waals surface area contributed by atoms with Crippen LogP contribution in [0, 0.1) is 29.6 Å². The summed E-state index contributed by atoms with van der Waals surface area (Å²) in [4.78, 5) is 22.1. The van der Waals surface area contributed by atoms with Crippen molar-refractivity contribution < 1.29 is 22.7 Å². The molecule has 3 aromatic rings. The molecule has 3 fully saturated rings. The third kappa shape index (κ3) is 5.98. The standard InChI is InChI=1S/C33H38F3N5O2/c1-22-15-29(43-2)27(26-7-9-38-30(22)26)20-41-10-8-32(16-23(17-32)19-37)18-28(41)24-3-5-25(6-4-24)31(42)40-13-11-39(12-14-40)21-33(34,35)36/h3-7,9,15,23,28,38H,8,10-14,16-18,20-21H2,1-2H3/t23?,28-,32?/m0/s1. The molecule has 1 atom stereocenters. The Balaban J connectivity index is 1.22. The predicted molar refractivity (Wildman–Crippen MR) is 158 cm³/mol. The summed E-state index contributed by atoms with van der Waals surface area (Å²) in [6.07, 6.45) is 1.58. The minimum Gasteiger partial charge on any atom is -0.496 e. The lowest BCUT2D eigenvalue weighted by molar-refractivity contribution is -0.148. The Kier molecular flexibility index (Phi) is 7.90. The number of hydrogen-bond donors (Lipinski definition) is 1. The molecule has 6 rings (SSSR count). The zero-order valence-electron chi connectivity index (χ0n) is 24.7. The second kappa shape index (κ2) is 11.5. The molecule has 0 radical (unpaired) electrons. The lowest BCUT2D eigenvalue weighted by atomic mass is 9.56. The lowest BCUT2D eigenvalue weighted by Gasteiger charge is -2.53. The number of H-pyrrole nitrogens is 1. The molecule has 3 aliphatic rings. The summed E-state index contributed by atoms with van der Waals surface area (Å²) in [6, 6.07) is 14.5. The van der Waals surface area contributed by atoms with E-state index in [1.165, 1.54) is 4.90 Å². The molecule has 2 saturated heterocycles. The van der Waals surface area contributed by atoms with Gasteiger partial charge in [0.1, 0.15) is 5.75 Å². The first-order valence-corrected chi connectivity index (χ1v) is 15.0. The summed E-state index contributed by atoms with van der Waals surface area (Å²) in [7, 11) is 1.71. The molecule has 1 aliphatic carbocycles. The Morgan fingerprint density at radius 2 is 1.81 bits per heavy atom. The van der Waals surface area contributed by atoms with Crippen LogP contribution in [0.3, 0.4) is 0 Å². The van der Waals surface area contributed by atoms with Crippen molar-refractivity contribution >= 4 is 16.8 Å². The number of hydrogen-bond acceptors (Lipinski definition) is 5. The van der Waals surface area contributed by atoms with Crippen LogP contribution in [0.4, 0.5) is 13.2 Å². The van der Waals surface area contributed by atoms with Gasteiger partial charge in [0.25, 0.3) is 5.91 Å². The van der Waals surface area contributed by atoms with E-state index >= 15 is 0 Å². The Morgan fingerprint density at radius 3 is 2.47 bits per heavy atom. The number of aromatic nitrogens is 1. The predicted octanol–water partition coefficient (Wildman–Crippen LogP) is 6.06. The fourth-order valence-corrected chi connectivity index (χ4v) is 7.52. The summed E-state index contributed by atoms with van der Waals surface area (Å²) in [5, 5.41) is 10.6. The molecule has 1 aromatic heterocycles. The number of nitrogens with zero attached hydrogens (tertiary/aromatic N) is 4. The largest absolute Gasteiger partial charge is 0.496 e. The van der Waals surface area contributed by atoms with Gasteiger partial charge < -0.3 is 14.6 Å². The zero-order valence-corrected chi connectivity index (χ0v) is 24.7. The van der Waals surface area contributed by atoms with Crippen molar-refractivity contribution in [2.24, 2.45) is 11.3 Å². The van der Waals surface area contributed by atoms with Gasteiger partial charge in [0.05, 0.1) is 19.7 Å². The Morgan fingerprint density at radius 1 is 1.09 bits per heavy atom. The van der Waals surface area contributed by atoms with Crippen LogP contribution >= 0.6 is 0 Å². The molecule has 1 amide bonds. The minimum absolute atomic E-state index is 0.114. The summed E-state index contributed by atoms with van der Waals surface area (Å²) in [5.41, 5.74) is 5.22. The van der Waals surface area contributed by atoms with E-state index in [2.05, 4.69) is 35.0 Å². The van der Waals surface area contributed by atoms with Crippen LogP contribution in [0.15, 0.2) is 42.6 Å². The Bertz CT molecular complexity index is 1510. The number of fused-ring (bicyclic) bond motifs is 1. The van der Waals surface area contributed by atoms with Gasteiger partial charge in [-0.2, -0.15) is 18.4 Å². The molecular weight excluding hydrogens is 555 g/mol. The number of alkyl halides is 3. The van der Waals surface area contributed by atoms with Gasteiger partial charge in [0, 0.05) is 72.9 Å². The van der Waals surface area contributed by atoms with Gasteiger partial charge in [0.15, 0.2) is 0 Å². The molecule has 3 heterocycles. The molecule has 1 N–H and O–H groups in total. The first-order chi connectivity index (χ1) is 20.6. The number of methoxy groups -OCH3 is 1. The van der Waals surface area contributed by atoms with Crippen LogP contribution in [0.25, 0.3) is 10.9 Å². The van der Waals surface area contributed by atoms with Crippen molar-refractivity contribution in [2.75, 3.05) is 46.4 Å². The van der Waals surface area contributed by atoms with E-state index < -0.39 is 12.7 Å². The van der Waals surface area contributed by atoms with Gasteiger partial charge in [-0.05, 0) is 80.0 Å². The highest BCUT2D eigenvalue weighted by atomic mass is 19.4. The van der Waals surface area contributed by atoms with Crippen LogP contribution in [-0.4, -0.2) is 78.1 Å². The normalized spacial score (nSPS) is 25.1. The van der Waals surface area contributed by atoms with Gasteiger partial charge in [-0.15, -0.1) is 0 Å². The molecule has 0 unspecified atom stereocenters. The van der Waals surface area contributed by atoms with Gasteiger partial charge in [-0.1, -0.05) is 12.1 Å². The van der Waals surface area contributed by atoms with E-state index in [0.717, 1.165) is 65.6 Å². The number of amides is 1. The summed E-state index contributed by atoms with van der Waals surface area (Å²) < 4.78 is 44.2. The first kappa shape index (κ1) is 29.5. The number of piperazine rings is 1. The number of benzene rings is 2. The van der Waals surface area contributed by atoms with Crippen LogP contribution in [-0.2, 0) is 6.54 Å². The SMILES string of the molecule is COc1cc(C)c2[nH]ccc2c1CN1CCC2(CC(C#N)C2)C[C@H]1c1ccc(C(=O)N2CCN(CC(F)(F)F)CC2)cc1. The number of nitrogens with one attached hydrogen (secondary N) is 1. The zero-order chi connectivity index (χ0) is 30.4. The fraction of sp³-hybridized carbons (Fsp3) is 0.515. The van der Waals surface area contributed by atoms with Crippen molar-refractivity contribution in [3.05, 3.63) is 64.8 Å².